The van der Waals surface area contributed by atoms with Gasteiger partial charge in [0.2, 0.25) is 0 Å². The highest BCUT2D eigenvalue weighted by Crippen LogP contribution is 2.37. The molecule has 1 rings (SSSR count). The van der Waals surface area contributed by atoms with E-state index in [1.807, 2.05) is 0 Å². The van der Waals surface area contributed by atoms with Crippen molar-refractivity contribution in [3.63, 3.8) is 0 Å². The number of hydrogen-bond acceptors (Lipinski definition) is 3. The summed E-state index contributed by atoms with van der Waals surface area (Å²) in [6, 6.07) is 5.17. The van der Waals surface area contributed by atoms with Crippen LogP contribution in [-0.2, 0) is 0 Å². The van der Waals surface area contributed by atoms with Gasteiger partial charge in [-0.25, -0.2) is 0 Å². The van der Waals surface area contributed by atoms with Crippen LogP contribution in [0.3, 0.4) is 0 Å². The third-order valence-electron chi connectivity index (χ3n) is 2.33. The Morgan fingerprint density at radius 2 is 1.82 bits per heavy atom. The largest absolute Gasteiger partial charge is 0.446 e. The quantitative estimate of drug-likeness (QED) is 0.822. The van der Waals surface area contributed by atoms with E-state index >= 15 is 0 Å². The maximum absolute atomic E-state index is 12.1. The van der Waals surface area contributed by atoms with E-state index in [9.17, 15) is 18.3 Å². The molecule has 0 spiro atoms. The monoisotopic (exact) mass is 265 g/mol. The smallest absolute Gasteiger partial charge is 0.391 e. The van der Waals surface area contributed by atoms with Crippen LogP contribution in [-0.4, -0.2) is 16.7 Å². The number of aliphatic hydroxyl groups excluding tert-OH is 1. The first-order chi connectivity index (χ1) is 7.83. The van der Waals surface area contributed by atoms with Crippen LogP contribution in [0, 0.1) is 0 Å². The van der Waals surface area contributed by atoms with Gasteiger partial charge in [-0.05, 0) is 35.9 Å². The van der Waals surface area contributed by atoms with E-state index < -0.39 is 17.7 Å². The lowest BCUT2D eigenvalue weighted by Gasteiger charge is -2.17. The molecule has 1 aromatic rings. The van der Waals surface area contributed by atoms with Crippen molar-refractivity contribution in [1.82, 2.24) is 0 Å². The first-order valence-corrected chi connectivity index (χ1v) is 5.94. The minimum atomic E-state index is -4.29. The van der Waals surface area contributed by atoms with E-state index in [0.29, 0.717) is 12.0 Å². The number of halogens is 3. The second-order valence-corrected chi connectivity index (χ2v) is 4.76. The van der Waals surface area contributed by atoms with Gasteiger partial charge in [-0.2, -0.15) is 13.2 Å². The standard InChI is InChI=1S/C11H14F3NOS/c1-2-9(16)10(15)7-3-5-8(6-4-7)17-11(12,13)14/h3-6,9-10,16H,2,15H2,1H3/t9-,10+/m0/s1. The molecule has 0 aliphatic heterocycles. The van der Waals surface area contributed by atoms with Crippen molar-refractivity contribution in [2.75, 3.05) is 0 Å². The van der Waals surface area contributed by atoms with Crippen molar-refractivity contribution >= 4 is 11.8 Å². The number of alkyl halides is 3. The Bertz CT molecular complexity index is 353. The molecular weight excluding hydrogens is 251 g/mol. The third-order valence-corrected chi connectivity index (χ3v) is 3.07. The fourth-order valence-corrected chi connectivity index (χ4v) is 1.91. The molecule has 0 unspecified atom stereocenters. The van der Waals surface area contributed by atoms with Crippen molar-refractivity contribution in [2.45, 2.75) is 35.9 Å². The number of nitrogens with two attached hydrogens (primary N) is 1. The highest BCUT2D eigenvalue weighted by atomic mass is 32.2. The zero-order valence-electron chi connectivity index (χ0n) is 9.24. The highest BCUT2D eigenvalue weighted by molar-refractivity contribution is 8.00. The Morgan fingerprint density at radius 1 is 1.29 bits per heavy atom. The summed E-state index contributed by atoms with van der Waals surface area (Å²) in [5.41, 5.74) is 2.09. The van der Waals surface area contributed by atoms with Crippen LogP contribution < -0.4 is 5.73 Å². The van der Waals surface area contributed by atoms with Crippen LogP contribution in [0.4, 0.5) is 13.2 Å². The lowest BCUT2D eigenvalue weighted by molar-refractivity contribution is -0.0328. The molecule has 0 aliphatic carbocycles. The van der Waals surface area contributed by atoms with Crippen molar-refractivity contribution in [1.29, 1.82) is 0 Å². The molecule has 0 aliphatic rings. The van der Waals surface area contributed by atoms with Crippen molar-refractivity contribution in [3.05, 3.63) is 29.8 Å². The van der Waals surface area contributed by atoms with E-state index in [0.717, 1.165) is 0 Å². The SMILES string of the molecule is CC[C@H](O)[C@H](N)c1ccc(SC(F)(F)F)cc1. The Kier molecular flexibility index (Phi) is 4.85. The average Bonchev–Trinajstić information content (AvgIpc) is 2.26. The summed E-state index contributed by atoms with van der Waals surface area (Å²) in [4.78, 5) is 0.111. The molecule has 0 saturated heterocycles. The molecule has 3 N–H and O–H groups in total. The molecule has 0 amide bonds. The molecule has 2 nitrogen and oxygen atoms in total. The topological polar surface area (TPSA) is 46.2 Å². The summed E-state index contributed by atoms with van der Waals surface area (Å²) in [5, 5.41) is 9.53. The summed E-state index contributed by atoms with van der Waals surface area (Å²) in [5.74, 6) is 0. The van der Waals surface area contributed by atoms with Crippen LogP contribution in [0.1, 0.15) is 24.9 Å². The molecular formula is C11H14F3NOS. The molecule has 0 aromatic heterocycles. The van der Waals surface area contributed by atoms with Gasteiger partial charge in [0.1, 0.15) is 0 Å². The second kappa shape index (κ2) is 5.75. The van der Waals surface area contributed by atoms with Crippen LogP contribution in [0.5, 0.6) is 0 Å². The van der Waals surface area contributed by atoms with Gasteiger partial charge in [0, 0.05) is 4.90 Å². The van der Waals surface area contributed by atoms with E-state index in [4.69, 9.17) is 5.73 Å². The van der Waals surface area contributed by atoms with Gasteiger partial charge in [-0.3, -0.25) is 0 Å². The van der Waals surface area contributed by atoms with Gasteiger partial charge in [0.15, 0.2) is 0 Å². The minimum Gasteiger partial charge on any atom is -0.391 e. The van der Waals surface area contributed by atoms with E-state index in [1.54, 1.807) is 6.92 Å². The second-order valence-electron chi connectivity index (χ2n) is 3.62. The summed E-state index contributed by atoms with van der Waals surface area (Å²) in [7, 11) is 0. The Morgan fingerprint density at radius 3 is 2.24 bits per heavy atom. The van der Waals surface area contributed by atoms with Gasteiger partial charge in [-0.15, -0.1) is 0 Å². The lowest BCUT2D eigenvalue weighted by Crippen LogP contribution is -2.25. The van der Waals surface area contributed by atoms with Gasteiger partial charge in [0.05, 0.1) is 12.1 Å². The zero-order chi connectivity index (χ0) is 13.1. The minimum absolute atomic E-state index is 0.111. The summed E-state index contributed by atoms with van der Waals surface area (Å²) >= 11 is -0.168. The van der Waals surface area contributed by atoms with E-state index in [-0.39, 0.29) is 16.7 Å². The maximum Gasteiger partial charge on any atom is 0.446 e. The van der Waals surface area contributed by atoms with Crippen molar-refractivity contribution in [2.24, 2.45) is 5.73 Å². The number of rotatable bonds is 4. The molecule has 17 heavy (non-hydrogen) atoms. The number of aliphatic hydroxyl groups is 1. The zero-order valence-corrected chi connectivity index (χ0v) is 10.1. The van der Waals surface area contributed by atoms with Crippen molar-refractivity contribution in [3.8, 4) is 0 Å². The lowest BCUT2D eigenvalue weighted by atomic mass is 10.0. The number of thioether (sulfide) groups is 1. The Hall–Kier alpha value is -0.720. The predicted molar refractivity (Wildman–Crippen MR) is 61.6 cm³/mol. The molecule has 6 heteroatoms. The van der Waals surface area contributed by atoms with E-state index in [2.05, 4.69) is 0 Å². The normalized spacial score (nSPS) is 15.6. The predicted octanol–water partition coefficient (Wildman–Crippen LogP) is 3.07. The van der Waals surface area contributed by atoms with Crippen LogP contribution >= 0.6 is 11.8 Å². The first-order valence-electron chi connectivity index (χ1n) is 5.13. The van der Waals surface area contributed by atoms with Crippen LogP contribution in [0.15, 0.2) is 29.2 Å². The summed E-state index contributed by atoms with van der Waals surface area (Å²) in [6.07, 6.45) is -0.184. The first kappa shape index (κ1) is 14.3. The van der Waals surface area contributed by atoms with Crippen molar-refractivity contribution < 1.29 is 18.3 Å². The molecule has 0 radical (unpaired) electrons. The average molecular weight is 265 g/mol. The van der Waals surface area contributed by atoms with Crippen LogP contribution in [0.25, 0.3) is 0 Å². The Labute approximate surface area is 102 Å². The third kappa shape index (κ3) is 4.57. The summed E-state index contributed by atoms with van der Waals surface area (Å²) < 4.78 is 36.2. The maximum atomic E-state index is 12.1. The fourth-order valence-electron chi connectivity index (χ4n) is 1.37. The molecule has 0 heterocycles. The van der Waals surface area contributed by atoms with Crippen LogP contribution in [0.2, 0.25) is 0 Å². The van der Waals surface area contributed by atoms with Gasteiger partial charge >= 0.3 is 5.51 Å². The number of hydrogen-bond donors (Lipinski definition) is 2. The summed E-state index contributed by atoms with van der Waals surface area (Å²) in [6.45, 7) is 1.79. The molecule has 0 bridgehead atoms. The molecule has 96 valence electrons. The fraction of sp³-hybridized carbons (Fsp3) is 0.455. The number of benzene rings is 1. The molecule has 0 fully saturated rings. The molecule has 0 saturated carbocycles. The Balaban J connectivity index is 2.74. The van der Waals surface area contributed by atoms with Gasteiger partial charge in [0.25, 0.3) is 0 Å². The van der Waals surface area contributed by atoms with E-state index in [1.165, 1.54) is 24.3 Å². The molecule has 1 aromatic carbocycles. The highest BCUT2D eigenvalue weighted by Gasteiger charge is 2.29. The van der Waals surface area contributed by atoms with Gasteiger partial charge < -0.3 is 10.8 Å². The molecule has 2 atom stereocenters. The van der Waals surface area contributed by atoms with Gasteiger partial charge in [-0.1, -0.05) is 19.1 Å².